The van der Waals surface area contributed by atoms with E-state index in [1.165, 1.54) is 6.33 Å². The van der Waals surface area contributed by atoms with Crippen LogP contribution in [0.15, 0.2) is 6.33 Å². The summed E-state index contributed by atoms with van der Waals surface area (Å²) in [4.78, 5) is 11.5. The molecule has 0 bridgehead atoms. The summed E-state index contributed by atoms with van der Waals surface area (Å²) in [7, 11) is 0. The van der Waals surface area contributed by atoms with Crippen LogP contribution < -0.4 is 15.5 Å². The molecule has 0 spiro atoms. The van der Waals surface area contributed by atoms with Crippen LogP contribution in [0.2, 0.25) is 0 Å². The Kier molecular flexibility index (Phi) is 3.34. The van der Waals surface area contributed by atoms with Gasteiger partial charge in [-0.15, -0.1) is 0 Å². The summed E-state index contributed by atoms with van der Waals surface area (Å²) in [6.07, 6.45) is -0.0569. The summed E-state index contributed by atoms with van der Waals surface area (Å²) >= 11 is 0. The molecule has 3 atom stereocenters. The maximum Gasteiger partial charge on any atom is 0.161 e. The zero-order valence-corrected chi connectivity index (χ0v) is 10.8. The van der Waals surface area contributed by atoms with E-state index in [9.17, 15) is 10.2 Å². The largest absolute Gasteiger partial charge is 0.394 e. The Bertz CT molecular complexity index is 502. The lowest BCUT2D eigenvalue weighted by molar-refractivity contribution is -0.0221. The number of anilines is 3. The van der Waals surface area contributed by atoms with Gasteiger partial charge in [0.25, 0.3) is 0 Å². The van der Waals surface area contributed by atoms with E-state index in [2.05, 4.69) is 9.97 Å². The summed E-state index contributed by atoms with van der Waals surface area (Å²) in [6.45, 7) is -0.127. The maximum atomic E-state index is 9.81. The molecule has 110 valence electrons. The average molecular weight is 283 g/mol. The second kappa shape index (κ2) is 5.02. The fourth-order valence-electron chi connectivity index (χ4n) is 2.63. The SMILES string of the molecule is Nc1ncnc2c1N(CO)CN2[C@H]1CC(O)[C@@H](CO)O1. The number of hydrogen-bond acceptors (Lipinski definition) is 9. The van der Waals surface area contributed by atoms with E-state index in [0.29, 0.717) is 24.6 Å². The Morgan fingerprint density at radius 1 is 1.40 bits per heavy atom. The van der Waals surface area contributed by atoms with Gasteiger partial charge in [0.1, 0.15) is 31.1 Å². The molecule has 0 amide bonds. The van der Waals surface area contributed by atoms with Crippen LogP contribution in [0.5, 0.6) is 0 Å². The van der Waals surface area contributed by atoms with Crippen LogP contribution in [0, 0.1) is 0 Å². The van der Waals surface area contributed by atoms with Gasteiger partial charge in [-0.2, -0.15) is 0 Å². The molecule has 0 radical (unpaired) electrons. The molecule has 1 aromatic heterocycles. The Hall–Kier alpha value is -1.68. The van der Waals surface area contributed by atoms with E-state index >= 15 is 0 Å². The molecule has 9 nitrogen and oxygen atoms in total. The molecule has 2 aliphatic rings. The number of aliphatic hydroxyl groups is 3. The van der Waals surface area contributed by atoms with Crippen LogP contribution in [0.3, 0.4) is 0 Å². The molecule has 0 aromatic carbocycles. The van der Waals surface area contributed by atoms with Crippen LogP contribution in [-0.2, 0) is 4.74 Å². The molecule has 1 saturated heterocycles. The van der Waals surface area contributed by atoms with Crippen LogP contribution in [0.1, 0.15) is 6.42 Å². The lowest BCUT2D eigenvalue weighted by Crippen LogP contribution is -2.39. The Morgan fingerprint density at radius 3 is 2.85 bits per heavy atom. The summed E-state index contributed by atoms with van der Waals surface area (Å²) < 4.78 is 5.61. The second-order valence-electron chi connectivity index (χ2n) is 4.84. The highest BCUT2D eigenvalue weighted by atomic mass is 16.5. The van der Waals surface area contributed by atoms with E-state index in [1.807, 2.05) is 0 Å². The number of hydrogen-bond donors (Lipinski definition) is 4. The van der Waals surface area contributed by atoms with Crippen molar-refractivity contribution in [1.29, 1.82) is 0 Å². The van der Waals surface area contributed by atoms with Crippen molar-refractivity contribution in [3.05, 3.63) is 6.33 Å². The summed E-state index contributed by atoms with van der Waals surface area (Å²) in [5.41, 5.74) is 6.37. The predicted molar refractivity (Wildman–Crippen MR) is 69.7 cm³/mol. The van der Waals surface area contributed by atoms with Gasteiger partial charge in [0.15, 0.2) is 11.6 Å². The lowest BCUT2D eigenvalue weighted by atomic mass is 10.2. The summed E-state index contributed by atoms with van der Waals surface area (Å²) in [6, 6.07) is 0. The van der Waals surface area contributed by atoms with Crippen molar-refractivity contribution in [2.75, 3.05) is 35.5 Å². The van der Waals surface area contributed by atoms with Crippen molar-refractivity contribution >= 4 is 17.3 Å². The minimum atomic E-state index is -0.726. The van der Waals surface area contributed by atoms with Crippen molar-refractivity contribution in [3.63, 3.8) is 0 Å². The summed E-state index contributed by atoms with van der Waals surface area (Å²) in [5.74, 6) is 0.839. The van der Waals surface area contributed by atoms with Crippen molar-refractivity contribution in [1.82, 2.24) is 9.97 Å². The normalized spacial score (nSPS) is 29.1. The lowest BCUT2D eigenvalue weighted by Gasteiger charge is -2.25. The summed E-state index contributed by atoms with van der Waals surface area (Å²) in [5, 5.41) is 28.4. The predicted octanol–water partition coefficient (Wildman–Crippen LogP) is -1.94. The van der Waals surface area contributed by atoms with Gasteiger partial charge >= 0.3 is 0 Å². The van der Waals surface area contributed by atoms with E-state index in [4.69, 9.17) is 15.6 Å². The Labute approximate surface area is 115 Å². The molecule has 2 aliphatic heterocycles. The first-order valence-corrected chi connectivity index (χ1v) is 6.33. The van der Waals surface area contributed by atoms with Gasteiger partial charge in [-0.05, 0) is 0 Å². The Morgan fingerprint density at radius 2 is 2.20 bits per heavy atom. The highest BCUT2D eigenvalue weighted by Crippen LogP contribution is 2.40. The molecule has 1 fully saturated rings. The molecule has 9 heteroatoms. The van der Waals surface area contributed by atoms with E-state index < -0.39 is 18.4 Å². The number of nitrogens with two attached hydrogens (primary N) is 1. The van der Waals surface area contributed by atoms with Gasteiger partial charge in [-0.3, -0.25) is 0 Å². The van der Waals surface area contributed by atoms with E-state index in [0.717, 1.165) is 0 Å². The third-order valence-electron chi connectivity index (χ3n) is 3.65. The molecule has 1 aromatic rings. The third kappa shape index (κ3) is 1.95. The van der Waals surface area contributed by atoms with Gasteiger partial charge in [0, 0.05) is 6.42 Å². The Balaban J connectivity index is 1.89. The maximum absolute atomic E-state index is 9.81. The molecule has 1 unspecified atom stereocenters. The molecular formula is C11H17N5O4. The van der Waals surface area contributed by atoms with Crippen LogP contribution >= 0.6 is 0 Å². The molecule has 3 rings (SSSR count). The molecule has 20 heavy (non-hydrogen) atoms. The molecule has 0 aliphatic carbocycles. The van der Waals surface area contributed by atoms with Gasteiger partial charge in [0.2, 0.25) is 0 Å². The monoisotopic (exact) mass is 283 g/mol. The second-order valence-corrected chi connectivity index (χ2v) is 4.84. The zero-order valence-electron chi connectivity index (χ0n) is 10.8. The fraction of sp³-hybridized carbons (Fsp3) is 0.636. The smallest absolute Gasteiger partial charge is 0.161 e. The average Bonchev–Trinajstić information content (AvgIpc) is 3.00. The highest BCUT2D eigenvalue weighted by molar-refractivity contribution is 5.81. The minimum Gasteiger partial charge on any atom is -0.394 e. The van der Waals surface area contributed by atoms with E-state index in [-0.39, 0.29) is 19.2 Å². The number of fused-ring (bicyclic) bond motifs is 1. The number of nitrogen functional groups attached to an aromatic ring is 1. The van der Waals surface area contributed by atoms with Crippen LogP contribution in [0.4, 0.5) is 17.3 Å². The van der Waals surface area contributed by atoms with Crippen molar-refractivity contribution in [3.8, 4) is 0 Å². The van der Waals surface area contributed by atoms with Crippen LogP contribution in [-0.4, -0.2) is 63.7 Å². The minimum absolute atomic E-state index is 0.222. The van der Waals surface area contributed by atoms with Gasteiger partial charge < -0.3 is 35.6 Å². The quantitative estimate of drug-likeness (QED) is 0.500. The third-order valence-corrected chi connectivity index (χ3v) is 3.65. The first-order valence-electron chi connectivity index (χ1n) is 6.33. The number of aromatic nitrogens is 2. The van der Waals surface area contributed by atoms with Gasteiger partial charge in [-0.25, -0.2) is 9.97 Å². The number of aliphatic hydroxyl groups excluding tert-OH is 3. The molecule has 3 heterocycles. The first-order chi connectivity index (χ1) is 9.65. The van der Waals surface area contributed by atoms with Crippen molar-refractivity contribution in [2.24, 2.45) is 0 Å². The number of ether oxygens (including phenoxy) is 1. The number of rotatable bonds is 3. The molecular weight excluding hydrogens is 266 g/mol. The topological polar surface area (TPSA) is 128 Å². The van der Waals surface area contributed by atoms with Gasteiger partial charge in [-0.1, -0.05) is 0 Å². The number of nitrogens with zero attached hydrogens (tertiary/aromatic N) is 4. The highest BCUT2D eigenvalue weighted by Gasteiger charge is 2.41. The standard InChI is InChI=1S/C11H17N5O4/c12-10-9-11(14-3-13-10)16(4-15(9)5-18)8-1-6(19)7(2-17)20-8/h3,6-8,17-19H,1-2,4-5H2,(H2,12,13,14)/t6?,7-,8-/m1/s1. The van der Waals surface area contributed by atoms with E-state index in [1.54, 1.807) is 9.80 Å². The fourth-order valence-corrected chi connectivity index (χ4v) is 2.63. The van der Waals surface area contributed by atoms with Gasteiger partial charge in [0.05, 0.1) is 19.4 Å². The van der Waals surface area contributed by atoms with Crippen LogP contribution in [0.25, 0.3) is 0 Å². The molecule has 5 N–H and O–H groups in total. The van der Waals surface area contributed by atoms with Crippen molar-refractivity contribution < 1.29 is 20.1 Å². The molecule has 0 saturated carbocycles. The van der Waals surface area contributed by atoms with Crippen molar-refractivity contribution in [2.45, 2.75) is 24.9 Å². The first kappa shape index (κ1) is 13.3. The zero-order chi connectivity index (χ0) is 14.3.